The van der Waals surface area contributed by atoms with Gasteiger partial charge in [-0.05, 0) is 36.8 Å². The van der Waals surface area contributed by atoms with Crippen molar-refractivity contribution in [3.8, 4) is 5.75 Å². The monoisotopic (exact) mass is 398 g/mol. The van der Waals surface area contributed by atoms with Gasteiger partial charge in [-0.2, -0.15) is 5.10 Å². The van der Waals surface area contributed by atoms with Gasteiger partial charge in [-0.25, -0.2) is 10.4 Å². The summed E-state index contributed by atoms with van der Waals surface area (Å²) in [6.07, 6.45) is 1.67. The third-order valence-corrected chi connectivity index (χ3v) is 4.70. The fourth-order valence-electron chi connectivity index (χ4n) is 3.16. The summed E-state index contributed by atoms with van der Waals surface area (Å²) in [6, 6.07) is 25.0. The molecular weight excluding hydrogens is 376 g/mol. The highest BCUT2D eigenvalue weighted by molar-refractivity contribution is 5.84. The van der Waals surface area contributed by atoms with Crippen molar-refractivity contribution in [2.45, 2.75) is 20.1 Å². The first kappa shape index (κ1) is 19.4. The maximum absolute atomic E-state index is 12.7. The van der Waals surface area contributed by atoms with Crippen molar-refractivity contribution in [2.24, 2.45) is 5.10 Å². The minimum atomic E-state index is -0.0904. The second kappa shape index (κ2) is 9.05. The van der Waals surface area contributed by atoms with Crippen LogP contribution in [0, 0.1) is 0 Å². The van der Waals surface area contributed by atoms with Crippen LogP contribution < -0.4 is 15.7 Å². The Hall–Kier alpha value is -3.93. The Labute approximate surface area is 174 Å². The molecule has 1 aromatic heterocycles. The van der Waals surface area contributed by atoms with E-state index >= 15 is 0 Å². The Morgan fingerprint density at radius 3 is 2.57 bits per heavy atom. The van der Waals surface area contributed by atoms with E-state index in [-0.39, 0.29) is 5.56 Å². The number of para-hydroxylation sites is 2. The topological polar surface area (TPSA) is 68.5 Å². The molecule has 0 atom stereocenters. The van der Waals surface area contributed by atoms with E-state index in [1.807, 2.05) is 79.7 Å². The molecule has 6 nitrogen and oxygen atoms in total. The molecule has 150 valence electrons. The lowest BCUT2D eigenvalue weighted by Crippen LogP contribution is -2.23. The largest absolute Gasteiger partial charge is 0.488 e. The molecule has 0 saturated heterocycles. The molecule has 0 aliphatic heterocycles. The SMILES string of the molecule is CCn1c(N/N=C\c2ccccc2OCc2ccccc2)nc2ccccc2c1=O. The van der Waals surface area contributed by atoms with E-state index in [1.54, 1.807) is 16.8 Å². The van der Waals surface area contributed by atoms with E-state index in [0.717, 1.165) is 16.9 Å². The molecule has 0 saturated carbocycles. The van der Waals surface area contributed by atoms with Gasteiger partial charge in [0, 0.05) is 12.1 Å². The Balaban J connectivity index is 1.55. The first-order valence-corrected chi connectivity index (χ1v) is 9.80. The Bertz CT molecular complexity index is 1230. The fourth-order valence-corrected chi connectivity index (χ4v) is 3.16. The number of nitrogens with zero attached hydrogens (tertiary/aromatic N) is 3. The number of hydrogen-bond donors (Lipinski definition) is 1. The van der Waals surface area contributed by atoms with E-state index in [4.69, 9.17) is 4.74 Å². The maximum Gasteiger partial charge on any atom is 0.262 e. The second-order valence-electron chi connectivity index (χ2n) is 6.68. The van der Waals surface area contributed by atoms with Crippen molar-refractivity contribution in [3.05, 3.63) is 100 Å². The molecule has 0 fully saturated rings. The fraction of sp³-hybridized carbons (Fsp3) is 0.125. The van der Waals surface area contributed by atoms with E-state index < -0.39 is 0 Å². The van der Waals surface area contributed by atoms with Gasteiger partial charge in [-0.15, -0.1) is 0 Å². The zero-order valence-corrected chi connectivity index (χ0v) is 16.7. The molecule has 0 bridgehead atoms. The van der Waals surface area contributed by atoms with Crippen LogP contribution in [-0.2, 0) is 13.2 Å². The number of aromatic nitrogens is 2. The predicted molar refractivity (Wildman–Crippen MR) is 120 cm³/mol. The van der Waals surface area contributed by atoms with Gasteiger partial charge in [0.05, 0.1) is 17.1 Å². The lowest BCUT2D eigenvalue weighted by Gasteiger charge is -2.11. The lowest BCUT2D eigenvalue weighted by molar-refractivity contribution is 0.306. The van der Waals surface area contributed by atoms with Crippen LogP contribution in [0.15, 0.2) is 88.8 Å². The molecular formula is C24H22N4O2. The highest BCUT2D eigenvalue weighted by atomic mass is 16.5. The third-order valence-electron chi connectivity index (χ3n) is 4.70. The molecule has 0 aliphatic rings. The average molecular weight is 398 g/mol. The smallest absolute Gasteiger partial charge is 0.262 e. The van der Waals surface area contributed by atoms with Crippen molar-refractivity contribution in [1.82, 2.24) is 9.55 Å². The zero-order chi connectivity index (χ0) is 20.8. The maximum atomic E-state index is 12.7. The van der Waals surface area contributed by atoms with Crippen LogP contribution in [0.3, 0.4) is 0 Å². The van der Waals surface area contributed by atoms with Crippen molar-refractivity contribution >= 4 is 23.1 Å². The van der Waals surface area contributed by atoms with Crippen LogP contribution in [0.2, 0.25) is 0 Å². The third kappa shape index (κ3) is 4.22. The van der Waals surface area contributed by atoms with E-state index in [0.29, 0.717) is 30.0 Å². The molecule has 0 radical (unpaired) electrons. The van der Waals surface area contributed by atoms with Crippen LogP contribution in [0.5, 0.6) is 5.75 Å². The van der Waals surface area contributed by atoms with Gasteiger partial charge in [0.2, 0.25) is 5.95 Å². The Kier molecular flexibility index (Phi) is 5.85. The first-order chi connectivity index (χ1) is 14.8. The van der Waals surface area contributed by atoms with E-state index in [9.17, 15) is 4.79 Å². The van der Waals surface area contributed by atoms with Crippen molar-refractivity contribution in [3.63, 3.8) is 0 Å². The van der Waals surface area contributed by atoms with Crippen molar-refractivity contribution < 1.29 is 4.74 Å². The minimum absolute atomic E-state index is 0.0904. The highest BCUT2D eigenvalue weighted by Crippen LogP contribution is 2.18. The van der Waals surface area contributed by atoms with Gasteiger partial charge in [-0.3, -0.25) is 9.36 Å². The van der Waals surface area contributed by atoms with Gasteiger partial charge < -0.3 is 4.74 Å². The molecule has 30 heavy (non-hydrogen) atoms. The van der Waals surface area contributed by atoms with Crippen LogP contribution >= 0.6 is 0 Å². The highest BCUT2D eigenvalue weighted by Gasteiger charge is 2.09. The van der Waals surface area contributed by atoms with Crippen LogP contribution in [0.25, 0.3) is 10.9 Å². The number of hydrazone groups is 1. The molecule has 6 heteroatoms. The summed E-state index contributed by atoms with van der Waals surface area (Å²) in [5, 5.41) is 4.90. The molecule has 0 aliphatic carbocycles. The van der Waals surface area contributed by atoms with Gasteiger partial charge in [-0.1, -0.05) is 54.6 Å². The number of anilines is 1. The number of benzene rings is 3. The summed E-state index contributed by atoms with van der Waals surface area (Å²) in [7, 11) is 0. The summed E-state index contributed by atoms with van der Waals surface area (Å²) in [5.74, 6) is 1.13. The number of rotatable bonds is 7. The number of nitrogens with one attached hydrogen (secondary N) is 1. The lowest BCUT2D eigenvalue weighted by atomic mass is 10.2. The standard InChI is InChI=1S/C24H22N4O2/c1-2-28-23(29)20-13-7-8-14-21(20)26-24(28)27-25-16-19-12-6-9-15-22(19)30-17-18-10-4-3-5-11-18/h3-16H,2,17H2,1H3,(H,26,27)/b25-16-. The van der Waals surface area contributed by atoms with Gasteiger partial charge >= 0.3 is 0 Å². The zero-order valence-electron chi connectivity index (χ0n) is 16.7. The van der Waals surface area contributed by atoms with Crippen molar-refractivity contribution in [1.29, 1.82) is 0 Å². The van der Waals surface area contributed by atoms with Crippen molar-refractivity contribution in [2.75, 3.05) is 5.43 Å². The Morgan fingerprint density at radius 1 is 1.00 bits per heavy atom. The molecule has 3 aromatic carbocycles. The molecule has 0 unspecified atom stereocenters. The quantitative estimate of drug-likeness (QED) is 0.369. The average Bonchev–Trinajstić information content (AvgIpc) is 2.79. The molecule has 4 rings (SSSR count). The molecule has 1 heterocycles. The molecule has 4 aromatic rings. The Morgan fingerprint density at radius 2 is 1.73 bits per heavy atom. The summed E-state index contributed by atoms with van der Waals surface area (Å²) in [4.78, 5) is 17.2. The first-order valence-electron chi connectivity index (χ1n) is 9.80. The summed E-state index contributed by atoms with van der Waals surface area (Å²) in [6.45, 7) is 2.87. The minimum Gasteiger partial charge on any atom is -0.488 e. The molecule has 1 N–H and O–H groups in total. The molecule has 0 amide bonds. The predicted octanol–water partition coefficient (Wildman–Crippen LogP) is 4.44. The van der Waals surface area contributed by atoms with E-state index in [1.165, 1.54) is 0 Å². The van der Waals surface area contributed by atoms with Crippen LogP contribution in [0.4, 0.5) is 5.95 Å². The second-order valence-corrected chi connectivity index (χ2v) is 6.68. The van der Waals surface area contributed by atoms with Crippen LogP contribution in [-0.4, -0.2) is 15.8 Å². The van der Waals surface area contributed by atoms with Gasteiger partial charge in [0.25, 0.3) is 5.56 Å². The summed E-state index contributed by atoms with van der Waals surface area (Å²) < 4.78 is 7.52. The number of ether oxygens (including phenoxy) is 1. The van der Waals surface area contributed by atoms with Gasteiger partial charge in [0.1, 0.15) is 12.4 Å². The number of fused-ring (bicyclic) bond motifs is 1. The number of hydrogen-bond acceptors (Lipinski definition) is 5. The summed E-state index contributed by atoms with van der Waals surface area (Å²) >= 11 is 0. The van der Waals surface area contributed by atoms with Gasteiger partial charge in [0.15, 0.2) is 0 Å². The van der Waals surface area contributed by atoms with E-state index in [2.05, 4.69) is 15.5 Å². The van der Waals surface area contributed by atoms with Crippen LogP contribution in [0.1, 0.15) is 18.1 Å². The summed E-state index contributed by atoms with van der Waals surface area (Å²) in [5.41, 5.74) is 5.38. The molecule has 0 spiro atoms. The normalized spacial score (nSPS) is 11.1.